The van der Waals surface area contributed by atoms with Gasteiger partial charge in [0.1, 0.15) is 26.1 Å². The summed E-state index contributed by atoms with van der Waals surface area (Å²) in [6.07, 6.45) is 9.95. The molecule has 2 aromatic heterocycles. The molecule has 0 bridgehead atoms. The Bertz CT molecular complexity index is 942. The van der Waals surface area contributed by atoms with E-state index in [2.05, 4.69) is 70.4 Å². The van der Waals surface area contributed by atoms with Gasteiger partial charge in [0.05, 0.1) is 22.6 Å². The zero-order valence-electron chi connectivity index (χ0n) is 15.6. The fraction of sp³-hybridized carbons (Fsp3) is 0.389. The average Bonchev–Trinajstić information content (AvgIpc) is 3.03. The van der Waals surface area contributed by atoms with Crippen LogP contribution in [0.1, 0.15) is 37.7 Å². The van der Waals surface area contributed by atoms with Gasteiger partial charge in [0.25, 0.3) is 0 Å². The second kappa shape index (κ2) is 7.80. The first-order valence-corrected chi connectivity index (χ1v) is 11.0. The Labute approximate surface area is 173 Å². The van der Waals surface area contributed by atoms with Crippen LogP contribution in [0.25, 0.3) is 10.2 Å². The minimum Gasteiger partial charge on any atom is -0.375 e. The van der Waals surface area contributed by atoms with Crippen LogP contribution in [0.4, 0.5) is 10.9 Å². The minimum atomic E-state index is -0.273. The molecule has 138 valence electrons. The van der Waals surface area contributed by atoms with Crippen LogP contribution in [0.5, 0.6) is 0 Å². The molecule has 1 aromatic carbocycles. The van der Waals surface area contributed by atoms with E-state index in [0.29, 0.717) is 6.04 Å². The third-order valence-electron chi connectivity index (χ3n) is 5.09. The molecule has 1 fully saturated rings. The molecule has 0 aliphatic heterocycles. The van der Waals surface area contributed by atoms with Crippen LogP contribution in [0.2, 0.25) is 0 Å². The van der Waals surface area contributed by atoms with Crippen molar-refractivity contribution in [3.8, 4) is 0 Å². The number of benzene rings is 1. The normalized spacial score (nSPS) is 15.7. The summed E-state index contributed by atoms with van der Waals surface area (Å²) in [6.45, 7) is 0. The van der Waals surface area contributed by atoms with Crippen molar-refractivity contribution < 1.29 is 0 Å². The highest BCUT2D eigenvalue weighted by atomic mass is 79.9. The van der Waals surface area contributed by atoms with Crippen molar-refractivity contribution in [3.05, 3.63) is 40.8 Å². The molecule has 2 heterocycles. The topological polar surface area (TPSA) is 62.7 Å². The lowest BCUT2D eigenvalue weighted by Crippen LogP contribution is -2.36. The van der Waals surface area contributed by atoms with Crippen molar-refractivity contribution in [1.82, 2.24) is 15.0 Å². The predicted octanol–water partition coefficient (Wildman–Crippen LogP) is 3.08. The van der Waals surface area contributed by atoms with Gasteiger partial charge in [-0.25, -0.2) is 9.97 Å². The Morgan fingerprint density at radius 2 is 1.93 bits per heavy atom. The fourth-order valence-corrected chi connectivity index (χ4v) is 4.88. The van der Waals surface area contributed by atoms with Gasteiger partial charge in [0.2, 0.25) is 0 Å². The van der Waals surface area contributed by atoms with Gasteiger partial charge >= 0.3 is 0 Å². The summed E-state index contributed by atoms with van der Waals surface area (Å²) < 4.78 is 1.93. The number of thiazole rings is 1. The molecule has 0 saturated heterocycles. The second-order valence-corrected chi connectivity index (χ2v) is 9.50. The quantitative estimate of drug-likeness (QED) is 0.596. The number of hydrogen-bond donors (Lipinski definition) is 2. The standard InChI is InChI=1S/C18H22B2BrN5S/c19-18(20,26-16-10-22-9-15(21)25-16)11-6-7-13-14(8-11)27-17(24-13)23-12-4-2-1-3-5-12/h6-10,12H,1-5,19-20H2,(H,23,24)(H,25,26). The highest BCUT2D eigenvalue weighted by molar-refractivity contribution is 9.10. The molecular weight excluding hydrogens is 420 g/mol. The van der Waals surface area contributed by atoms with E-state index < -0.39 is 0 Å². The van der Waals surface area contributed by atoms with Gasteiger partial charge in [-0.2, -0.15) is 0 Å². The summed E-state index contributed by atoms with van der Waals surface area (Å²) in [5.74, 6) is 0.749. The third-order valence-corrected chi connectivity index (χ3v) is 6.42. The van der Waals surface area contributed by atoms with Crippen LogP contribution in [0.15, 0.2) is 35.2 Å². The summed E-state index contributed by atoms with van der Waals surface area (Å²) in [5, 5.41) is 7.89. The number of nitrogens with zero attached hydrogens (tertiary/aromatic N) is 3. The summed E-state index contributed by atoms with van der Waals surface area (Å²) in [7, 11) is 4.30. The van der Waals surface area contributed by atoms with Crippen molar-refractivity contribution in [2.75, 3.05) is 10.6 Å². The first-order valence-electron chi connectivity index (χ1n) is 9.43. The molecule has 0 spiro atoms. The highest BCUT2D eigenvalue weighted by Crippen LogP contribution is 2.31. The van der Waals surface area contributed by atoms with E-state index in [9.17, 15) is 0 Å². The second-order valence-electron chi connectivity index (χ2n) is 7.66. The molecule has 1 aliphatic rings. The number of fused-ring (bicyclic) bond motifs is 1. The van der Waals surface area contributed by atoms with Gasteiger partial charge in [-0.05, 0) is 46.5 Å². The predicted molar refractivity (Wildman–Crippen MR) is 122 cm³/mol. The summed E-state index contributed by atoms with van der Waals surface area (Å²) in [6, 6.07) is 7.07. The maximum absolute atomic E-state index is 4.78. The Morgan fingerprint density at radius 3 is 2.70 bits per heavy atom. The van der Waals surface area contributed by atoms with Gasteiger partial charge < -0.3 is 10.6 Å². The number of anilines is 2. The summed E-state index contributed by atoms with van der Waals surface area (Å²) >= 11 is 5.12. The Kier molecular flexibility index (Phi) is 5.41. The van der Waals surface area contributed by atoms with E-state index >= 15 is 0 Å². The molecule has 5 nitrogen and oxygen atoms in total. The Morgan fingerprint density at radius 1 is 1.11 bits per heavy atom. The molecule has 0 amide bonds. The van der Waals surface area contributed by atoms with Crippen LogP contribution in [-0.4, -0.2) is 36.7 Å². The number of aromatic nitrogens is 3. The number of halogens is 1. The monoisotopic (exact) mass is 441 g/mol. The van der Waals surface area contributed by atoms with Gasteiger partial charge in [-0.3, -0.25) is 4.98 Å². The number of nitrogens with one attached hydrogen (secondary N) is 2. The van der Waals surface area contributed by atoms with Gasteiger partial charge in [-0.1, -0.05) is 36.7 Å². The summed E-state index contributed by atoms with van der Waals surface area (Å²) in [4.78, 5) is 13.4. The van der Waals surface area contributed by atoms with Crippen LogP contribution >= 0.6 is 27.3 Å². The summed E-state index contributed by atoms with van der Waals surface area (Å²) in [5.41, 5.74) is 2.25. The Balaban J connectivity index is 1.54. The van der Waals surface area contributed by atoms with E-state index in [-0.39, 0.29) is 5.34 Å². The van der Waals surface area contributed by atoms with E-state index in [4.69, 9.17) is 4.98 Å². The lowest BCUT2D eigenvalue weighted by molar-refractivity contribution is 0.462. The zero-order valence-corrected chi connectivity index (χ0v) is 18.0. The molecule has 2 N–H and O–H groups in total. The van der Waals surface area contributed by atoms with Crippen molar-refractivity contribution in [2.45, 2.75) is 43.5 Å². The maximum atomic E-state index is 4.78. The first kappa shape index (κ1) is 18.7. The zero-order chi connectivity index (χ0) is 18.9. The highest BCUT2D eigenvalue weighted by Gasteiger charge is 2.22. The third kappa shape index (κ3) is 4.46. The van der Waals surface area contributed by atoms with Crippen LogP contribution in [0, 0.1) is 0 Å². The lowest BCUT2D eigenvalue weighted by atomic mass is 9.58. The minimum absolute atomic E-state index is 0.273. The molecule has 27 heavy (non-hydrogen) atoms. The molecule has 9 heteroatoms. The molecular formula is C18H22B2BrN5S. The van der Waals surface area contributed by atoms with E-state index in [1.54, 1.807) is 23.7 Å². The fourth-order valence-electron chi connectivity index (χ4n) is 3.59. The van der Waals surface area contributed by atoms with Crippen molar-refractivity contribution >= 4 is 64.1 Å². The van der Waals surface area contributed by atoms with Crippen molar-refractivity contribution in [3.63, 3.8) is 0 Å². The molecule has 0 radical (unpaired) electrons. The maximum Gasteiger partial charge on any atom is 0.184 e. The van der Waals surface area contributed by atoms with Crippen LogP contribution in [-0.2, 0) is 5.34 Å². The number of hydrogen-bond acceptors (Lipinski definition) is 6. The Hall–Kier alpha value is -1.60. The van der Waals surface area contributed by atoms with Gasteiger partial charge in [0, 0.05) is 11.4 Å². The molecule has 1 aliphatic carbocycles. The van der Waals surface area contributed by atoms with E-state index in [0.717, 1.165) is 21.1 Å². The smallest absolute Gasteiger partial charge is 0.184 e. The van der Waals surface area contributed by atoms with Crippen molar-refractivity contribution in [1.29, 1.82) is 0 Å². The largest absolute Gasteiger partial charge is 0.375 e. The SMILES string of the molecule is BC(B)(Nc1cncc(Br)n1)c1ccc2nc(NC3CCCCC3)sc2c1. The van der Waals surface area contributed by atoms with Crippen LogP contribution < -0.4 is 10.6 Å². The molecule has 1 saturated carbocycles. The van der Waals surface area contributed by atoms with Gasteiger partial charge in [-0.15, -0.1) is 0 Å². The van der Waals surface area contributed by atoms with Crippen molar-refractivity contribution in [2.24, 2.45) is 0 Å². The molecule has 3 aromatic rings. The molecule has 0 unspecified atom stereocenters. The average molecular weight is 442 g/mol. The van der Waals surface area contributed by atoms with Gasteiger partial charge in [0.15, 0.2) is 5.13 Å². The lowest BCUT2D eigenvalue weighted by Gasteiger charge is -2.27. The van der Waals surface area contributed by atoms with E-state index in [1.165, 1.54) is 42.4 Å². The molecule has 4 rings (SSSR count). The van der Waals surface area contributed by atoms with Crippen LogP contribution in [0.3, 0.4) is 0 Å². The van der Waals surface area contributed by atoms with E-state index in [1.807, 2.05) is 0 Å². The first-order chi connectivity index (χ1) is 13.0. The number of rotatable bonds is 5. The molecule has 0 atom stereocenters.